The van der Waals surface area contributed by atoms with Crippen molar-refractivity contribution in [3.8, 4) is 0 Å². The van der Waals surface area contributed by atoms with Crippen LogP contribution < -0.4 is 0 Å². The van der Waals surface area contributed by atoms with Gasteiger partial charge in [-0.15, -0.1) is 0 Å². The summed E-state index contributed by atoms with van der Waals surface area (Å²) in [4.78, 5) is 0. The van der Waals surface area contributed by atoms with Crippen molar-refractivity contribution in [2.24, 2.45) is 0 Å². The molecule has 0 aromatic rings. The maximum absolute atomic E-state index is 8.85. The molecule has 0 aromatic heterocycles. The van der Waals surface area contributed by atoms with Crippen molar-refractivity contribution in [2.45, 2.75) is 32.7 Å². The van der Waals surface area contributed by atoms with Crippen LogP contribution in [0.25, 0.3) is 0 Å². The second-order valence-electron chi connectivity index (χ2n) is 2.49. The van der Waals surface area contributed by atoms with Gasteiger partial charge in [0.05, 0.1) is 6.61 Å². The van der Waals surface area contributed by atoms with Crippen LogP contribution in [0.5, 0.6) is 0 Å². The minimum Gasteiger partial charge on any atom is -0.391 e. The molecule has 0 heterocycles. The van der Waals surface area contributed by atoms with Gasteiger partial charge in [0, 0.05) is 14.2 Å². The van der Waals surface area contributed by atoms with Crippen molar-refractivity contribution in [3.05, 3.63) is 0 Å². The topological polar surface area (TPSA) is 57.2 Å². The van der Waals surface area contributed by atoms with Crippen LogP contribution in [-0.4, -0.2) is 44.8 Å². The van der Waals surface area contributed by atoms with E-state index in [0.717, 1.165) is 0 Å². The van der Waals surface area contributed by atoms with Gasteiger partial charge in [-0.25, -0.2) is 0 Å². The molecule has 0 saturated heterocycles. The fourth-order valence-electron chi connectivity index (χ4n) is 0.657. The predicted octanol–water partition coefficient (Wildman–Crippen LogP) is 0.323. The van der Waals surface area contributed by atoms with E-state index in [4.69, 9.17) is 24.1 Å². The predicted molar refractivity (Wildman–Crippen MR) is 46.0 cm³/mol. The van der Waals surface area contributed by atoms with Gasteiger partial charge < -0.3 is 24.1 Å². The molecule has 80 valence electrons. The Morgan fingerprint density at radius 3 is 1.62 bits per heavy atom. The number of aliphatic hydroxyl groups is 1. The van der Waals surface area contributed by atoms with Gasteiger partial charge in [-0.1, -0.05) is 0 Å². The first kappa shape index (κ1) is 12.8. The lowest BCUT2D eigenvalue weighted by Crippen LogP contribution is -2.31. The fourth-order valence-corrected chi connectivity index (χ4v) is 0.657. The molecule has 0 radical (unpaired) electrons. The Morgan fingerprint density at radius 2 is 1.38 bits per heavy atom. The van der Waals surface area contributed by atoms with Crippen molar-refractivity contribution in [2.75, 3.05) is 20.8 Å². The first-order valence-electron chi connectivity index (χ1n) is 4.11. The summed E-state index contributed by atoms with van der Waals surface area (Å²) in [5.74, 6) is 0. The lowest BCUT2D eigenvalue weighted by molar-refractivity contribution is -0.286. The van der Waals surface area contributed by atoms with Crippen LogP contribution in [0.2, 0.25) is 0 Å². The van der Waals surface area contributed by atoms with Crippen molar-refractivity contribution >= 4 is 0 Å². The third-order valence-electron chi connectivity index (χ3n) is 1.50. The number of aliphatic hydroxyl groups excluding tert-OH is 1. The molecular weight excluding hydrogens is 176 g/mol. The van der Waals surface area contributed by atoms with E-state index in [1.54, 1.807) is 13.8 Å². The van der Waals surface area contributed by atoms with E-state index in [-0.39, 0.29) is 6.61 Å². The molecule has 0 aliphatic carbocycles. The maximum Gasteiger partial charge on any atom is 0.186 e. The van der Waals surface area contributed by atoms with Gasteiger partial charge in [-0.2, -0.15) is 0 Å². The van der Waals surface area contributed by atoms with Crippen LogP contribution in [0.1, 0.15) is 13.8 Å². The molecule has 2 atom stereocenters. The summed E-state index contributed by atoms with van der Waals surface area (Å²) in [7, 11) is 3.03. The SMILES string of the molecule is COC(C)OC(CO)OC(C)OC. The van der Waals surface area contributed by atoms with E-state index in [1.807, 2.05) is 0 Å². The molecule has 0 aromatic carbocycles. The summed E-state index contributed by atoms with van der Waals surface area (Å²) in [6, 6.07) is 0. The highest BCUT2D eigenvalue weighted by atomic mass is 16.8. The van der Waals surface area contributed by atoms with E-state index >= 15 is 0 Å². The summed E-state index contributed by atoms with van der Waals surface area (Å²) in [6.45, 7) is 3.19. The number of hydrogen-bond donors (Lipinski definition) is 1. The molecule has 1 N–H and O–H groups in total. The zero-order valence-electron chi connectivity index (χ0n) is 8.52. The minimum absolute atomic E-state index is 0.235. The normalized spacial score (nSPS) is 18.2. The Bertz CT molecular complexity index is 107. The average molecular weight is 194 g/mol. The molecule has 2 unspecified atom stereocenters. The molecule has 0 aliphatic rings. The van der Waals surface area contributed by atoms with E-state index in [2.05, 4.69) is 0 Å². The quantitative estimate of drug-likeness (QED) is 0.591. The zero-order chi connectivity index (χ0) is 10.3. The first-order valence-corrected chi connectivity index (χ1v) is 4.11. The second-order valence-corrected chi connectivity index (χ2v) is 2.49. The summed E-state index contributed by atoms with van der Waals surface area (Å²) in [5.41, 5.74) is 0. The number of methoxy groups -OCH3 is 2. The minimum atomic E-state index is -0.718. The number of rotatable bonds is 7. The molecule has 5 nitrogen and oxygen atoms in total. The molecule has 13 heavy (non-hydrogen) atoms. The smallest absolute Gasteiger partial charge is 0.186 e. The maximum atomic E-state index is 8.85. The number of ether oxygens (including phenoxy) is 4. The Morgan fingerprint density at radius 1 is 1.00 bits per heavy atom. The molecular formula is C8H18O5. The monoisotopic (exact) mass is 194 g/mol. The van der Waals surface area contributed by atoms with Gasteiger partial charge in [0.15, 0.2) is 18.9 Å². The Kier molecular flexibility index (Phi) is 7.12. The van der Waals surface area contributed by atoms with E-state index in [0.29, 0.717) is 0 Å². The van der Waals surface area contributed by atoms with Crippen molar-refractivity contribution in [1.82, 2.24) is 0 Å². The van der Waals surface area contributed by atoms with Crippen LogP contribution in [-0.2, 0) is 18.9 Å². The third-order valence-corrected chi connectivity index (χ3v) is 1.50. The Hall–Kier alpha value is -0.200. The van der Waals surface area contributed by atoms with E-state index < -0.39 is 18.9 Å². The second kappa shape index (κ2) is 7.23. The molecule has 0 rings (SSSR count). The average Bonchev–Trinajstić information content (AvgIpc) is 2.16. The highest BCUT2D eigenvalue weighted by molar-refractivity contribution is 4.42. The van der Waals surface area contributed by atoms with Gasteiger partial charge in [0.2, 0.25) is 0 Å². The highest BCUT2D eigenvalue weighted by Gasteiger charge is 2.15. The molecule has 0 amide bonds. The molecule has 0 fully saturated rings. The molecule has 0 saturated carbocycles. The van der Waals surface area contributed by atoms with Crippen molar-refractivity contribution in [3.63, 3.8) is 0 Å². The Labute approximate surface area is 78.5 Å². The standard InChI is InChI=1S/C8H18O5/c1-6(10-3)12-8(5-9)13-7(2)11-4/h6-9H,5H2,1-4H3. The Balaban J connectivity index is 3.74. The molecule has 5 heteroatoms. The van der Waals surface area contributed by atoms with E-state index in [1.165, 1.54) is 14.2 Å². The molecule has 0 bridgehead atoms. The van der Waals surface area contributed by atoms with Gasteiger partial charge in [-0.05, 0) is 13.8 Å². The van der Waals surface area contributed by atoms with Crippen molar-refractivity contribution < 1.29 is 24.1 Å². The summed E-state index contributed by atoms with van der Waals surface area (Å²) >= 11 is 0. The number of hydrogen-bond acceptors (Lipinski definition) is 5. The first-order chi connectivity index (χ1) is 6.13. The van der Waals surface area contributed by atoms with Gasteiger partial charge in [0.1, 0.15) is 0 Å². The summed E-state index contributed by atoms with van der Waals surface area (Å²) in [6.07, 6.45) is -1.55. The van der Waals surface area contributed by atoms with Gasteiger partial charge in [0.25, 0.3) is 0 Å². The van der Waals surface area contributed by atoms with Gasteiger partial charge in [-0.3, -0.25) is 0 Å². The van der Waals surface area contributed by atoms with Crippen LogP contribution >= 0.6 is 0 Å². The third kappa shape index (κ3) is 5.95. The van der Waals surface area contributed by atoms with Gasteiger partial charge >= 0.3 is 0 Å². The van der Waals surface area contributed by atoms with Crippen LogP contribution in [0.3, 0.4) is 0 Å². The van der Waals surface area contributed by atoms with Crippen molar-refractivity contribution in [1.29, 1.82) is 0 Å². The van der Waals surface area contributed by atoms with Crippen LogP contribution in [0.15, 0.2) is 0 Å². The molecule has 0 aliphatic heterocycles. The molecule has 0 spiro atoms. The van der Waals surface area contributed by atoms with Crippen LogP contribution in [0.4, 0.5) is 0 Å². The lowest BCUT2D eigenvalue weighted by atomic mass is 10.6. The zero-order valence-corrected chi connectivity index (χ0v) is 8.52. The van der Waals surface area contributed by atoms with E-state index in [9.17, 15) is 0 Å². The fraction of sp³-hybridized carbons (Fsp3) is 1.00. The summed E-state index contributed by atoms with van der Waals surface area (Å²) < 4.78 is 20.0. The van der Waals surface area contributed by atoms with Crippen LogP contribution in [0, 0.1) is 0 Å². The lowest BCUT2D eigenvalue weighted by Gasteiger charge is -2.22. The highest BCUT2D eigenvalue weighted by Crippen LogP contribution is 2.04. The largest absolute Gasteiger partial charge is 0.391 e. The summed E-state index contributed by atoms with van der Waals surface area (Å²) in [5, 5.41) is 8.85.